The van der Waals surface area contributed by atoms with Crippen molar-refractivity contribution in [3.8, 4) is 5.75 Å². The third-order valence-electron chi connectivity index (χ3n) is 4.35. The molecular weight excluding hydrogens is 288 g/mol. The van der Waals surface area contributed by atoms with Crippen LogP contribution in [0.5, 0.6) is 5.75 Å². The summed E-state index contributed by atoms with van der Waals surface area (Å²) in [6.45, 7) is 3.42. The molecule has 2 unspecified atom stereocenters. The highest BCUT2D eigenvalue weighted by Crippen LogP contribution is 2.35. The van der Waals surface area contributed by atoms with Crippen LogP contribution in [-0.4, -0.2) is 44.1 Å². The van der Waals surface area contributed by atoms with Gasteiger partial charge < -0.3 is 15.0 Å². The lowest BCUT2D eigenvalue weighted by Crippen LogP contribution is -2.36. The van der Waals surface area contributed by atoms with E-state index in [0.29, 0.717) is 12.5 Å². The molecule has 1 amide bonds. The lowest BCUT2D eigenvalue weighted by Gasteiger charge is -2.28. The van der Waals surface area contributed by atoms with E-state index in [-0.39, 0.29) is 24.2 Å². The van der Waals surface area contributed by atoms with Gasteiger partial charge in [0.25, 0.3) is 0 Å². The Labute approximate surface area is 132 Å². The number of rotatable bonds is 3. The summed E-state index contributed by atoms with van der Waals surface area (Å²) in [5.74, 6) is 1.73. The third-order valence-corrected chi connectivity index (χ3v) is 4.35. The molecule has 1 fully saturated rings. The minimum Gasteiger partial charge on any atom is -0.493 e. The summed E-state index contributed by atoms with van der Waals surface area (Å²) >= 11 is 0. The standard InChI is InChI=1S/C16H22N2O2.ClH/c1-17-10-12-6-8-18(11-12)16(19)14-7-9-20-15-5-3-2-4-13(14)15;/h2-5,12,14,17H,6-11H2,1H3;1H. The molecule has 0 spiro atoms. The van der Waals surface area contributed by atoms with Gasteiger partial charge in [0.2, 0.25) is 5.91 Å². The van der Waals surface area contributed by atoms with Crippen molar-refractivity contribution in [2.75, 3.05) is 33.3 Å². The van der Waals surface area contributed by atoms with Gasteiger partial charge in [-0.15, -0.1) is 12.4 Å². The number of nitrogens with one attached hydrogen (secondary N) is 1. The minimum absolute atomic E-state index is 0. The smallest absolute Gasteiger partial charge is 0.230 e. The molecule has 0 radical (unpaired) electrons. The highest BCUT2D eigenvalue weighted by Gasteiger charge is 2.34. The van der Waals surface area contributed by atoms with E-state index in [1.165, 1.54) is 0 Å². The first kappa shape index (κ1) is 16.1. The predicted molar refractivity (Wildman–Crippen MR) is 85.2 cm³/mol. The fourth-order valence-electron chi connectivity index (χ4n) is 3.31. The van der Waals surface area contributed by atoms with Gasteiger partial charge in [-0.3, -0.25) is 4.79 Å². The number of benzene rings is 1. The van der Waals surface area contributed by atoms with Crippen molar-refractivity contribution in [3.05, 3.63) is 29.8 Å². The summed E-state index contributed by atoms with van der Waals surface area (Å²) in [5.41, 5.74) is 1.06. The van der Waals surface area contributed by atoms with Gasteiger partial charge in [-0.25, -0.2) is 0 Å². The number of likely N-dealkylation sites (tertiary alicyclic amines) is 1. The maximum Gasteiger partial charge on any atom is 0.230 e. The van der Waals surface area contributed by atoms with Gasteiger partial charge >= 0.3 is 0 Å². The second-order valence-electron chi connectivity index (χ2n) is 5.72. The number of ether oxygens (including phenoxy) is 1. The highest BCUT2D eigenvalue weighted by molar-refractivity contribution is 5.85. The number of carbonyl (C=O) groups excluding carboxylic acids is 1. The number of hydrogen-bond acceptors (Lipinski definition) is 3. The van der Waals surface area contributed by atoms with E-state index in [9.17, 15) is 4.79 Å². The fourth-order valence-corrected chi connectivity index (χ4v) is 3.31. The van der Waals surface area contributed by atoms with E-state index in [0.717, 1.165) is 43.8 Å². The number of para-hydroxylation sites is 1. The van der Waals surface area contributed by atoms with Crippen molar-refractivity contribution in [2.45, 2.75) is 18.8 Å². The van der Waals surface area contributed by atoms with Crippen LogP contribution >= 0.6 is 12.4 Å². The first-order valence-electron chi connectivity index (χ1n) is 7.44. The van der Waals surface area contributed by atoms with Crippen LogP contribution in [0.3, 0.4) is 0 Å². The van der Waals surface area contributed by atoms with Crippen LogP contribution in [0.25, 0.3) is 0 Å². The first-order chi connectivity index (χ1) is 9.79. The monoisotopic (exact) mass is 310 g/mol. The summed E-state index contributed by atoms with van der Waals surface area (Å²) in [7, 11) is 1.97. The Morgan fingerprint density at radius 3 is 3.00 bits per heavy atom. The fraction of sp³-hybridized carbons (Fsp3) is 0.562. The molecule has 21 heavy (non-hydrogen) atoms. The number of fused-ring (bicyclic) bond motifs is 1. The van der Waals surface area contributed by atoms with Gasteiger partial charge in [0.1, 0.15) is 5.75 Å². The van der Waals surface area contributed by atoms with E-state index in [1.54, 1.807) is 0 Å². The largest absolute Gasteiger partial charge is 0.493 e. The van der Waals surface area contributed by atoms with Crippen LogP contribution in [0.2, 0.25) is 0 Å². The van der Waals surface area contributed by atoms with E-state index in [1.807, 2.05) is 36.2 Å². The Hall–Kier alpha value is -1.26. The highest BCUT2D eigenvalue weighted by atomic mass is 35.5. The molecule has 4 nitrogen and oxygen atoms in total. The Bertz CT molecular complexity index is 495. The molecule has 0 aromatic heterocycles. The zero-order chi connectivity index (χ0) is 13.9. The molecule has 5 heteroatoms. The first-order valence-corrected chi connectivity index (χ1v) is 7.44. The number of hydrogen-bond donors (Lipinski definition) is 1. The maximum atomic E-state index is 12.8. The summed E-state index contributed by atoms with van der Waals surface area (Å²) in [6.07, 6.45) is 1.90. The zero-order valence-corrected chi connectivity index (χ0v) is 13.2. The SMILES string of the molecule is CNCC1CCN(C(=O)C2CCOc3ccccc32)C1.Cl. The zero-order valence-electron chi connectivity index (χ0n) is 12.4. The average Bonchev–Trinajstić information content (AvgIpc) is 2.95. The molecule has 1 aromatic carbocycles. The van der Waals surface area contributed by atoms with E-state index in [2.05, 4.69) is 5.32 Å². The van der Waals surface area contributed by atoms with E-state index >= 15 is 0 Å². The predicted octanol–water partition coefficient (Wildman–Crippen LogP) is 2.04. The van der Waals surface area contributed by atoms with Crippen LogP contribution in [0, 0.1) is 5.92 Å². The van der Waals surface area contributed by atoms with Crippen LogP contribution < -0.4 is 10.1 Å². The number of halogens is 1. The van der Waals surface area contributed by atoms with Gasteiger partial charge in [0, 0.05) is 18.7 Å². The molecule has 3 rings (SSSR count). The molecular formula is C16H23ClN2O2. The molecule has 1 saturated heterocycles. The van der Waals surface area contributed by atoms with Gasteiger partial charge in [-0.1, -0.05) is 18.2 Å². The van der Waals surface area contributed by atoms with Crippen molar-refractivity contribution in [1.29, 1.82) is 0 Å². The van der Waals surface area contributed by atoms with Crippen LogP contribution in [0.15, 0.2) is 24.3 Å². The van der Waals surface area contributed by atoms with Gasteiger partial charge in [-0.05, 0) is 38.4 Å². The summed E-state index contributed by atoms with van der Waals surface area (Å²) in [5, 5.41) is 3.21. The van der Waals surface area contributed by atoms with Crippen molar-refractivity contribution < 1.29 is 9.53 Å². The van der Waals surface area contributed by atoms with Gasteiger partial charge in [-0.2, -0.15) is 0 Å². The molecule has 116 valence electrons. The Balaban J connectivity index is 0.00000161. The summed E-state index contributed by atoms with van der Waals surface area (Å²) in [6, 6.07) is 7.94. The van der Waals surface area contributed by atoms with Gasteiger partial charge in [0.15, 0.2) is 0 Å². The van der Waals surface area contributed by atoms with Crippen molar-refractivity contribution in [3.63, 3.8) is 0 Å². The second kappa shape index (κ2) is 7.14. The van der Waals surface area contributed by atoms with E-state index < -0.39 is 0 Å². The summed E-state index contributed by atoms with van der Waals surface area (Å²) in [4.78, 5) is 14.8. The van der Waals surface area contributed by atoms with Crippen molar-refractivity contribution in [2.24, 2.45) is 5.92 Å². The molecule has 1 aromatic rings. The minimum atomic E-state index is -0.0201. The number of nitrogens with zero attached hydrogens (tertiary/aromatic N) is 1. The topological polar surface area (TPSA) is 41.6 Å². The molecule has 0 saturated carbocycles. The average molecular weight is 311 g/mol. The van der Waals surface area contributed by atoms with Crippen molar-refractivity contribution >= 4 is 18.3 Å². The maximum absolute atomic E-state index is 12.8. The van der Waals surface area contributed by atoms with Crippen molar-refractivity contribution in [1.82, 2.24) is 10.2 Å². The molecule has 2 aliphatic heterocycles. The molecule has 2 aliphatic rings. The number of amides is 1. The van der Waals surface area contributed by atoms with Gasteiger partial charge in [0.05, 0.1) is 12.5 Å². The molecule has 2 heterocycles. The lowest BCUT2D eigenvalue weighted by atomic mass is 9.92. The van der Waals surface area contributed by atoms with E-state index in [4.69, 9.17) is 4.74 Å². The Morgan fingerprint density at radius 2 is 2.19 bits per heavy atom. The van der Waals surface area contributed by atoms with Crippen LogP contribution in [0.1, 0.15) is 24.3 Å². The lowest BCUT2D eigenvalue weighted by molar-refractivity contribution is -0.132. The Kier molecular flexibility index (Phi) is 5.48. The molecule has 2 atom stereocenters. The second-order valence-corrected chi connectivity index (χ2v) is 5.72. The quantitative estimate of drug-likeness (QED) is 0.929. The molecule has 0 aliphatic carbocycles. The van der Waals surface area contributed by atoms with Crippen LogP contribution in [-0.2, 0) is 4.79 Å². The molecule has 0 bridgehead atoms. The Morgan fingerprint density at radius 1 is 1.38 bits per heavy atom. The van der Waals surface area contributed by atoms with Crippen LogP contribution in [0.4, 0.5) is 0 Å². The third kappa shape index (κ3) is 3.33. The number of carbonyl (C=O) groups is 1. The summed E-state index contributed by atoms with van der Waals surface area (Å²) < 4.78 is 5.65. The normalized spacial score (nSPS) is 24.0. The molecule has 1 N–H and O–H groups in total.